The Labute approximate surface area is 125 Å². The number of amides is 1. The van der Waals surface area contributed by atoms with Gasteiger partial charge in [0, 0.05) is 25.2 Å². The van der Waals surface area contributed by atoms with Crippen molar-refractivity contribution in [1.82, 2.24) is 9.88 Å². The van der Waals surface area contributed by atoms with Gasteiger partial charge in [0.15, 0.2) is 5.78 Å². The van der Waals surface area contributed by atoms with Gasteiger partial charge in [0.1, 0.15) is 11.3 Å². The highest BCUT2D eigenvalue weighted by Crippen LogP contribution is 2.22. The first kappa shape index (κ1) is 15.5. The number of pyridine rings is 1. The van der Waals surface area contributed by atoms with Crippen LogP contribution in [0, 0.1) is 5.92 Å². The maximum atomic E-state index is 12.4. The van der Waals surface area contributed by atoms with Crippen LogP contribution in [0.3, 0.4) is 0 Å². The molecule has 0 bridgehead atoms. The van der Waals surface area contributed by atoms with Crippen LogP contribution in [-0.4, -0.2) is 40.5 Å². The average Bonchev–Trinajstić information content (AvgIpc) is 2.46. The highest BCUT2D eigenvalue weighted by Gasteiger charge is 2.31. The molecule has 5 nitrogen and oxygen atoms in total. The van der Waals surface area contributed by atoms with Gasteiger partial charge in [0.2, 0.25) is 0 Å². The minimum Gasteiger partial charge on any atom is -0.444 e. The predicted molar refractivity (Wildman–Crippen MR) is 79.1 cm³/mol. The molecule has 21 heavy (non-hydrogen) atoms. The van der Waals surface area contributed by atoms with Crippen molar-refractivity contribution in [3.63, 3.8) is 0 Å². The molecule has 1 amide bonds. The maximum absolute atomic E-state index is 12.4. The SMILES string of the molecule is CC(C)(C)OC(=O)N1CCCC(C(=O)c2ccccn2)C1. The fourth-order valence-electron chi connectivity index (χ4n) is 2.40. The van der Waals surface area contributed by atoms with Crippen LogP contribution in [0.1, 0.15) is 44.1 Å². The lowest BCUT2D eigenvalue weighted by Crippen LogP contribution is -2.44. The minimum absolute atomic E-state index is 0.00357. The molecule has 1 aliphatic rings. The smallest absolute Gasteiger partial charge is 0.410 e. The number of carbonyl (C=O) groups excluding carboxylic acids is 2. The molecule has 0 radical (unpaired) electrons. The van der Waals surface area contributed by atoms with E-state index in [9.17, 15) is 9.59 Å². The van der Waals surface area contributed by atoms with Crippen LogP contribution in [0.4, 0.5) is 4.79 Å². The second-order valence-corrected chi connectivity index (χ2v) is 6.34. The van der Waals surface area contributed by atoms with Crippen molar-refractivity contribution in [1.29, 1.82) is 0 Å². The van der Waals surface area contributed by atoms with Gasteiger partial charge in [-0.1, -0.05) is 6.07 Å². The number of ketones is 1. The van der Waals surface area contributed by atoms with Gasteiger partial charge in [-0.15, -0.1) is 0 Å². The minimum atomic E-state index is -0.519. The van der Waals surface area contributed by atoms with Gasteiger partial charge in [-0.3, -0.25) is 9.78 Å². The van der Waals surface area contributed by atoms with Gasteiger partial charge in [-0.05, 0) is 45.7 Å². The normalized spacial score (nSPS) is 19.2. The summed E-state index contributed by atoms with van der Waals surface area (Å²) >= 11 is 0. The quantitative estimate of drug-likeness (QED) is 0.786. The largest absolute Gasteiger partial charge is 0.444 e. The lowest BCUT2D eigenvalue weighted by molar-refractivity contribution is 0.0171. The van der Waals surface area contributed by atoms with E-state index in [2.05, 4.69) is 4.98 Å². The Balaban J connectivity index is 2.01. The van der Waals surface area contributed by atoms with E-state index in [1.54, 1.807) is 29.3 Å². The highest BCUT2D eigenvalue weighted by molar-refractivity contribution is 5.96. The van der Waals surface area contributed by atoms with Gasteiger partial charge >= 0.3 is 6.09 Å². The number of Topliss-reactive ketones (excluding diaryl/α,β-unsaturated/α-hetero) is 1. The van der Waals surface area contributed by atoms with Gasteiger partial charge in [0.25, 0.3) is 0 Å². The van der Waals surface area contributed by atoms with E-state index in [0.717, 1.165) is 12.8 Å². The van der Waals surface area contributed by atoms with Crippen molar-refractivity contribution in [3.05, 3.63) is 30.1 Å². The summed E-state index contributed by atoms with van der Waals surface area (Å²) in [5, 5.41) is 0. The lowest BCUT2D eigenvalue weighted by Gasteiger charge is -2.33. The number of aromatic nitrogens is 1. The number of rotatable bonds is 2. The molecule has 1 saturated heterocycles. The van der Waals surface area contributed by atoms with Crippen molar-refractivity contribution in [2.24, 2.45) is 5.92 Å². The first-order valence-corrected chi connectivity index (χ1v) is 7.30. The lowest BCUT2D eigenvalue weighted by atomic mass is 9.92. The molecule has 1 aromatic heterocycles. The van der Waals surface area contributed by atoms with Crippen LogP contribution >= 0.6 is 0 Å². The number of carbonyl (C=O) groups is 2. The Kier molecular flexibility index (Phi) is 4.60. The van der Waals surface area contributed by atoms with Crippen LogP contribution in [0.25, 0.3) is 0 Å². The second kappa shape index (κ2) is 6.24. The van der Waals surface area contributed by atoms with Gasteiger partial charge in [0.05, 0.1) is 0 Å². The summed E-state index contributed by atoms with van der Waals surface area (Å²) < 4.78 is 5.37. The fourth-order valence-corrected chi connectivity index (χ4v) is 2.40. The zero-order valence-electron chi connectivity index (χ0n) is 12.8. The summed E-state index contributed by atoms with van der Waals surface area (Å²) in [5.41, 5.74) is -0.0526. The molecule has 0 aliphatic carbocycles. The Morgan fingerprint density at radius 3 is 2.71 bits per heavy atom. The molecule has 0 spiro atoms. The predicted octanol–water partition coefficient (Wildman–Crippen LogP) is 2.91. The molecule has 1 atom stereocenters. The standard InChI is InChI=1S/C16H22N2O3/c1-16(2,3)21-15(20)18-10-6-7-12(11-18)14(19)13-8-4-5-9-17-13/h4-5,8-9,12H,6-7,10-11H2,1-3H3. The third kappa shape index (κ3) is 4.28. The third-order valence-corrected chi connectivity index (χ3v) is 3.36. The van der Waals surface area contributed by atoms with E-state index < -0.39 is 5.60 Å². The summed E-state index contributed by atoms with van der Waals surface area (Å²) in [6, 6.07) is 5.30. The molecule has 5 heteroatoms. The van der Waals surface area contributed by atoms with Crippen molar-refractivity contribution in [2.45, 2.75) is 39.2 Å². The summed E-state index contributed by atoms with van der Waals surface area (Å²) in [7, 11) is 0. The van der Waals surface area contributed by atoms with Crippen LogP contribution in [0.5, 0.6) is 0 Å². The molecule has 0 N–H and O–H groups in total. The van der Waals surface area contributed by atoms with Crippen LogP contribution in [-0.2, 0) is 4.74 Å². The zero-order chi connectivity index (χ0) is 15.5. The molecule has 2 rings (SSSR count). The van der Waals surface area contributed by atoms with Gasteiger partial charge in [-0.2, -0.15) is 0 Å². The number of hydrogen-bond acceptors (Lipinski definition) is 4. The Morgan fingerprint density at radius 1 is 1.33 bits per heavy atom. The monoisotopic (exact) mass is 290 g/mol. The van der Waals surface area contributed by atoms with Crippen molar-refractivity contribution < 1.29 is 14.3 Å². The van der Waals surface area contributed by atoms with E-state index >= 15 is 0 Å². The molecule has 114 valence electrons. The molecule has 1 fully saturated rings. The molecule has 2 heterocycles. The van der Waals surface area contributed by atoms with E-state index in [1.807, 2.05) is 20.8 Å². The summed E-state index contributed by atoms with van der Waals surface area (Å²) in [6.07, 6.45) is 2.86. The number of hydrogen-bond donors (Lipinski definition) is 0. The molecular weight excluding hydrogens is 268 g/mol. The van der Waals surface area contributed by atoms with Crippen LogP contribution < -0.4 is 0 Å². The summed E-state index contributed by atoms with van der Waals surface area (Å²) in [5.74, 6) is -0.190. The average molecular weight is 290 g/mol. The molecule has 0 aromatic carbocycles. The first-order chi connectivity index (χ1) is 9.87. The molecule has 1 aromatic rings. The Hall–Kier alpha value is -1.91. The van der Waals surface area contributed by atoms with Crippen LogP contribution in [0.2, 0.25) is 0 Å². The van der Waals surface area contributed by atoms with E-state index in [4.69, 9.17) is 4.74 Å². The fraction of sp³-hybridized carbons (Fsp3) is 0.562. The van der Waals surface area contributed by atoms with E-state index in [-0.39, 0.29) is 17.8 Å². The first-order valence-electron chi connectivity index (χ1n) is 7.30. The Morgan fingerprint density at radius 2 is 2.10 bits per heavy atom. The highest BCUT2D eigenvalue weighted by atomic mass is 16.6. The van der Waals surface area contributed by atoms with E-state index in [0.29, 0.717) is 18.8 Å². The number of piperidine rings is 1. The van der Waals surface area contributed by atoms with Crippen LogP contribution in [0.15, 0.2) is 24.4 Å². The second-order valence-electron chi connectivity index (χ2n) is 6.34. The Bertz CT molecular complexity index is 508. The molecule has 1 unspecified atom stereocenters. The van der Waals surface area contributed by atoms with Crippen molar-refractivity contribution >= 4 is 11.9 Å². The molecular formula is C16H22N2O3. The maximum Gasteiger partial charge on any atom is 0.410 e. The molecule has 0 saturated carbocycles. The molecule has 1 aliphatic heterocycles. The zero-order valence-corrected chi connectivity index (χ0v) is 12.8. The number of ether oxygens (including phenoxy) is 1. The third-order valence-electron chi connectivity index (χ3n) is 3.36. The van der Waals surface area contributed by atoms with Crippen molar-refractivity contribution in [2.75, 3.05) is 13.1 Å². The number of nitrogens with zero attached hydrogens (tertiary/aromatic N) is 2. The van der Waals surface area contributed by atoms with Crippen molar-refractivity contribution in [3.8, 4) is 0 Å². The summed E-state index contributed by atoms with van der Waals surface area (Å²) in [4.78, 5) is 30.2. The topological polar surface area (TPSA) is 59.5 Å². The van der Waals surface area contributed by atoms with E-state index in [1.165, 1.54) is 0 Å². The summed E-state index contributed by atoms with van der Waals surface area (Å²) in [6.45, 7) is 6.56. The number of likely N-dealkylation sites (tertiary alicyclic amines) is 1. The van der Waals surface area contributed by atoms with Gasteiger partial charge in [-0.25, -0.2) is 4.79 Å². The van der Waals surface area contributed by atoms with Gasteiger partial charge < -0.3 is 9.64 Å².